The maximum absolute atomic E-state index is 10.2. The maximum Gasteiger partial charge on any atom is 0.303 e. The van der Waals surface area contributed by atoms with Gasteiger partial charge in [0.2, 0.25) is 0 Å². The number of hydrogen-bond acceptors (Lipinski definition) is 2. The van der Waals surface area contributed by atoms with Gasteiger partial charge in [-0.2, -0.15) is 0 Å². The summed E-state index contributed by atoms with van der Waals surface area (Å²) >= 11 is 0. The Morgan fingerprint density at radius 2 is 2.40 bits per heavy atom. The molecule has 0 aromatic rings. The Morgan fingerprint density at radius 3 is 2.80 bits per heavy atom. The first-order valence-electron chi connectivity index (χ1n) is 3.26. The lowest BCUT2D eigenvalue weighted by Crippen LogP contribution is -2.16. The molecule has 1 aliphatic carbocycles. The third kappa shape index (κ3) is 1.57. The van der Waals surface area contributed by atoms with Crippen molar-refractivity contribution in [2.75, 3.05) is 0 Å². The second-order valence-corrected chi connectivity index (χ2v) is 2.51. The van der Waals surface area contributed by atoms with Crippen LogP contribution >= 0.6 is 0 Å². The fraction of sp³-hybridized carbons (Fsp3) is 0.571. The second-order valence-electron chi connectivity index (χ2n) is 2.51. The monoisotopic (exact) mass is 142 g/mol. The largest absolute Gasteiger partial charge is 0.481 e. The lowest BCUT2D eigenvalue weighted by Gasteiger charge is -2.09. The Bertz CT molecular complexity index is 162. The van der Waals surface area contributed by atoms with Crippen LogP contribution < -0.4 is 0 Å². The molecule has 0 aliphatic heterocycles. The van der Waals surface area contributed by atoms with E-state index >= 15 is 0 Å². The van der Waals surface area contributed by atoms with E-state index in [-0.39, 0.29) is 12.3 Å². The van der Waals surface area contributed by atoms with Crippen molar-refractivity contribution in [1.29, 1.82) is 0 Å². The van der Waals surface area contributed by atoms with E-state index in [0.717, 1.165) is 0 Å². The summed E-state index contributed by atoms with van der Waals surface area (Å²) in [5, 5.41) is 17.4. The SMILES string of the molecule is O=C(O)C[C@@H]1CC=C[C@@H]1O. The molecule has 1 rings (SSSR count). The average Bonchev–Trinajstić information content (AvgIpc) is 2.15. The van der Waals surface area contributed by atoms with Gasteiger partial charge in [0.15, 0.2) is 0 Å². The highest BCUT2D eigenvalue weighted by Crippen LogP contribution is 2.21. The quantitative estimate of drug-likeness (QED) is 0.548. The van der Waals surface area contributed by atoms with Crippen molar-refractivity contribution in [1.82, 2.24) is 0 Å². The molecular formula is C7H10O3. The molecule has 0 aromatic carbocycles. The van der Waals surface area contributed by atoms with Gasteiger partial charge in [-0.15, -0.1) is 0 Å². The summed E-state index contributed by atoms with van der Waals surface area (Å²) in [4.78, 5) is 10.2. The molecule has 0 spiro atoms. The van der Waals surface area contributed by atoms with Gasteiger partial charge in [0.1, 0.15) is 0 Å². The molecule has 0 radical (unpaired) electrons. The van der Waals surface area contributed by atoms with Gasteiger partial charge < -0.3 is 10.2 Å². The van der Waals surface area contributed by atoms with E-state index in [1.54, 1.807) is 6.08 Å². The van der Waals surface area contributed by atoms with Crippen LogP contribution in [0.25, 0.3) is 0 Å². The highest BCUT2D eigenvalue weighted by molar-refractivity contribution is 5.67. The Labute approximate surface area is 59.0 Å². The molecule has 10 heavy (non-hydrogen) atoms. The Morgan fingerprint density at radius 1 is 1.70 bits per heavy atom. The minimum atomic E-state index is -0.840. The van der Waals surface area contributed by atoms with Crippen molar-refractivity contribution in [2.24, 2.45) is 5.92 Å². The lowest BCUT2D eigenvalue weighted by atomic mass is 10.0. The molecule has 0 bridgehead atoms. The van der Waals surface area contributed by atoms with Crippen LogP contribution in [-0.4, -0.2) is 22.3 Å². The van der Waals surface area contributed by atoms with E-state index in [1.165, 1.54) is 0 Å². The van der Waals surface area contributed by atoms with Gasteiger partial charge in [0, 0.05) is 5.92 Å². The van der Waals surface area contributed by atoms with Crippen molar-refractivity contribution in [3.8, 4) is 0 Å². The summed E-state index contributed by atoms with van der Waals surface area (Å²) in [6.45, 7) is 0. The van der Waals surface area contributed by atoms with E-state index in [1.807, 2.05) is 6.08 Å². The molecule has 0 saturated heterocycles. The standard InChI is InChI=1S/C7H10O3/c8-6-3-1-2-5(6)4-7(9)10/h1,3,5-6,8H,2,4H2,(H,9,10)/t5-,6-/m0/s1. The number of aliphatic carboxylic acids is 1. The molecule has 2 atom stereocenters. The highest BCUT2D eigenvalue weighted by atomic mass is 16.4. The zero-order valence-electron chi connectivity index (χ0n) is 5.53. The van der Waals surface area contributed by atoms with Gasteiger partial charge in [-0.3, -0.25) is 4.79 Å². The predicted octanol–water partition coefficient (Wildman–Crippen LogP) is 0.398. The molecule has 0 saturated carbocycles. The molecule has 0 heterocycles. The first-order chi connectivity index (χ1) is 4.70. The number of carboxylic acids is 1. The normalized spacial score (nSPS) is 30.9. The van der Waals surface area contributed by atoms with Gasteiger partial charge in [-0.05, 0) is 6.42 Å². The van der Waals surface area contributed by atoms with E-state index < -0.39 is 12.1 Å². The van der Waals surface area contributed by atoms with Gasteiger partial charge in [-0.1, -0.05) is 12.2 Å². The summed E-state index contributed by atoms with van der Waals surface area (Å²) < 4.78 is 0. The molecule has 2 N–H and O–H groups in total. The van der Waals surface area contributed by atoms with E-state index in [9.17, 15) is 4.79 Å². The van der Waals surface area contributed by atoms with Crippen LogP contribution in [0.4, 0.5) is 0 Å². The number of aliphatic hydroxyl groups excluding tert-OH is 1. The first kappa shape index (κ1) is 7.28. The van der Waals surface area contributed by atoms with E-state index in [0.29, 0.717) is 6.42 Å². The highest BCUT2D eigenvalue weighted by Gasteiger charge is 2.22. The van der Waals surface area contributed by atoms with Crippen LogP contribution in [0.3, 0.4) is 0 Å². The van der Waals surface area contributed by atoms with Crippen LogP contribution in [-0.2, 0) is 4.79 Å². The number of aliphatic hydroxyl groups is 1. The number of carbonyl (C=O) groups is 1. The zero-order valence-corrected chi connectivity index (χ0v) is 5.53. The van der Waals surface area contributed by atoms with Crippen molar-refractivity contribution in [3.05, 3.63) is 12.2 Å². The molecular weight excluding hydrogens is 132 g/mol. The minimum absolute atomic E-state index is 0.0637. The van der Waals surface area contributed by atoms with Crippen LogP contribution in [0.1, 0.15) is 12.8 Å². The number of hydrogen-bond donors (Lipinski definition) is 2. The Hall–Kier alpha value is -0.830. The molecule has 3 heteroatoms. The summed E-state index contributed by atoms with van der Waals surface area (Å²) in [6.07, 6.45) is 3.67. The molecule has 1 aliphatic rings. The second kappa shape index (κ2) is 2.84. The third-order valence-electron chi connectivity index (χ3n) is 1.69. The zero-order chi connectivity index (χ0) is 7.56. The molecule has 56 valence electrons. The predicted molar refractivity (Wildman–Crippen MR) is 35.5 cm³/mol. The van der Waals surface area contributed by atoms with E-state index in [2.05, 4.69) is 0 Å². The number of rotatable bonds is 2. The number of allylic oxidation sites excluding steroid dienone is 1. The smallest absolute Gasteiger partial charge is 0.303 e. The summed E-state index contributed by atoms with van der Waals surface area (Å²) in [6, 6.07) is 0. The minimum Gasteiger partial charge on any atom is -0.481 e. The molecule has 0 aromatic heterocycles. The number of carboxylic acid groups (broad SMARTS) is 1. The Kier molecular flexibility index (Phi) is 2.06. The van der Waals surface area contributed by atoms with Crippen LogP contribution in [0.2, 0.25) is 0 Å². The van der Waals surface area contributed by atoms with Crippen LogP contribution in [0.5, 0.6) is 0 Å². The molecule has 0 fully saturated rings. The van der Waals surface area contributed by atoms with Crippen molar-refractivity contribution >= 4 is 5.97 Å². The summed E-state index contributed by atoms with van der Waals surface area (Å²) in [5.74, 6) is -0.940. The molecule has 3 nitrogen and oxygen atoms in total. The lowest BCUT2D eigenvalue weighted by molar-refractivity contribution is -0.138. The van der Waals surface area contributed by atoms with Crippen molar-refractivity contribution < 1.29 is 15.0 Å². The fourth-order valence-electron chi connectivity index (χ4n) is 1.12. The van der Waals surface area contributed by atoms with Crippen molar-refractivity contribution in [3.63, 3.8) is 0 Å². The molecule has 0 unspecified atom stereocenters. The maximum atomic E-state index is 10.2. The Balaban J connectivity index is 2.37. The first-order valence-corrected chi connectivity index (χ1v) is 3.26. The van der Waals surface area contributed by atoms with E-state index in [4.69, 9.17) is 10.2 Å². The summed E-state index contributed by atoms with van der Waals surface area (Å²) in [5.41, 5.74) is 0. The average molecular weight is 142 g/mol. The van der Waals surface area contributed by atoms with Gasteiger partial charge in [0.05, 0.1) is 12.5 Å². The van der Waals surface area contributed by atoms with Crippen LogP contribution in [0.15, 0.2) is 12.2 Å². The van der Waals surface area contributed by atoms with Crippen LogP contribution in [0, 0.1) is 5.92 Å². The summed E-state index contributed by atoms with van der Waals surface area (Å²) in [7, 11) is 0. The van der Waals surface area contributed by atoms with Gasteiger partial charge in [-0.25, -0.2) is 0 Å². The van der Waals surface area contributed by atoms with Gasteiger partial charge >= 0.3 is 5.97 Å². The molecule has 0 amide bonds. The fourth-order valence-corrected chi connectivity index (χ4v) is 1.12. The van der Waals surface area contributed by atoms with Gasteiger partial charge in [0.25, 0.3) is 0 Å². The topological polar surface area (TPSA) is 57.5 Å². The van der Waals surface area contributed by atoms with Crippen molar-refractivity contribution in [2.45, 2.75) is 18.9 Å². The third-order valence-corrected chi connectivity index (χ3v) is 1.69.